The Kier molecular flexibility index (Phi) is 5.75. The maximum atomic E-state index is 2.66. The second-order valence-corrected chi connectivity index (χ2v) is 5.53. The third-order valence-electron chi connectivity index (χ3n) is 4.31. The summed E-state index contributed by atoms with van der Waals surface area (Å²) in [6, 6.07) is 0. The Labute approximate surface area is 107 Å². The van der Waals surface area contributed by atoms with E-state index in [4.69, 9.17) is 0 Å². The molecule has 0 aromatic heterocycles. The van der Waals surface area contributed by atoms with Gasteiger partial charge in [0.05, 0.1) is 0 Å². The van der Waals surface area contributed by atoms with Crippen LogP contribution in [0.3, 0.4) is 0 Å². The molecular formula is C14H29N3. The molecule has 0 aromatic rings. The van der Waals surface area contributed by atoms with Crippen LogP contribution in [0.4, 0.5) is 0 Å². The fourth-order valence-electron chi connectivity index (χ4n) is 3.03. The normalized spacial score (nSPS) is 25.2. The highest BCUT2D eigenvalue weighted by Crippen LogP contribution is 2.09. The Balaban J connectivity index is 1.53. The third kappa shape index (κ3) is 4.57. The first-order chi connectivity index (χ1) is 8.38. The van der Waals surface area contributed by atoms with Crippen LogP contribution in [0.25, 0.3) is 0 Å². The number of likely N-dealkylation sites (tertiary alicyclic amines) is 1. The lowest BCUT2D eigenvalue weighted by molar-refractivity contribution is 0.129. The summed E-state index contributed by atoms with van der Waals surface area (Å²) in [6.07, 6.45) is 5.67. The molecule has 0 spiro atoms. The fourth-order valence-corrected chi connectivity index (χ4v) is 3.03. The molecule has 0 unspecified atom stereocenters. The number of hydrogen-bond acceptors (Lipinski definition) is 3. The van der Waals surface area contributed by atoms with Crippen LogP contribution in [0.15, 0.2) is 0 Å². The van der Waals surface area contributed by atoms with Gasteiger partial charge in [-0.15, -0.1) is 0 Å². The number of rotatable bonds is 5. The van der Waals surface area contributed by atoms with Crippen LogP contribution in [-0.4, -0.2) is 73.6 Å². The smallest absolute Gasteiger partial charge is 0.0110 e. The summed E-state index contributed by atoms with van der Waals surface area (Å²) in [6.45, 7) is 14.0. The molecule has 0 amide bonds. The first-order valence-electron chi connectivity index (χ1n) is 7.55. The molecule has 2 aliphatic heterocycles. The number of hydrogen-bond donors (Lipinski definition) is 0. The average molecular weight is 239 g/mol. The maximum absolute atomic E-state index is 2.66. The summed E-state index contributed by atoms with van der Waals surface area (Å²) >= 11 is 0. The zero-order valence-electron chi connectivity index (χ0n) is 11.5. The van der Waals surface area contributed by atoms with E-state index in [1.807, 2.05) is 0 Å². The van der Waals surface area contributed by atoms with Gasteiger partial charge in [0.25, 0.3) is 0 Å². The Bertz CT molecular complexity index is 194. The SMILES string of the molecule is CCN1CCN(CCCN2CCCCC2)CC1. The lowest BCUT2D eigenvalue weighted by Gasteiger charge is -2.34. The second kappa shape index (κ2) is 7.34. The zero-order valence-corrected chi connectivity index (χ0v) is 11.5. The summed E-state index contributed by atoms with van der Waals surface area (Å²) in [5.74, 6) is 0. The minimum Gasteiger partial charge on any atom is -0.303 e. The van der Waals surface area contributed by atoms with Crippen molar-refractivity contribution in [3.63, 3.8) is 0 Å². The molecule has 0 aromatic carbocycles. The quantitative estimate of drug-likeness (QED) is 0.720. The van der Waals surface area contributed by atoms with Crippen molar-refractivity contribution < 1.29 is 0 Å². The molecule has 2 aliphatic rings. The van der Waals surface area contributed by atoms with Gasteiger partial charge in [-0.05, 0) is 52.0 Å². The topological polar surface area (TPSA) is 9.72 Å². The van der Waals surface area contributed by atoms with Gasteiger partial charge < -0.3 is 14.7 Å². The highest BCUT2D eigenvalue weighted by atomic mass is 15.3. The molecule has 100 valence electrons. The number of piperidine rings is 1. The average Bonchev–Trinajstić information content (AvgIpc) is 2.41. The van der Waals surface area contributed by atoms with Crippen molar-refractivity contribution in [1.82, 2.24) is 14.7 Å². The molecule has 0 aliphatic carbocycles. The van der Waals surface area contributed by atoms with Crippen molar-refractivity contribution in [3.8, 4) is 0 Å². The van der Waals surface area contributed by atoms with Crippen LogP contribution in [0.5, 0.6) is 0 Å². The second-order valence-electron chi connectivity index (χ2n) is 5.53. The van der Waals surface area contributed by atoms with Crippen molar-refractivity contribution in [2.24, 2.45) is 0 Å². The van der Waals surface area contributed by atoms with Gasteiger partial charge in [-0.1, -0.05) is 13.3 Å². The largest absolute Gasteiger partial charge is 0.303 e. The van der Waals surface area contributed by atoms with E-state index in [9.17, 15) is 0 Å². The maximum Gasteiger partial charge on any atom is 0.0110 e. The van der Waals surface area contributed by atoms with Crippen molar-refractivity contribution in [3.05, 3.63) is 0 Å². The Morgan fingerprint density at radius 2 is 1.18 bits per heavy atom. The van der Waals surface area contributed by atoms with Crippen molar-refractivity contribution in [2.45, 2.75) is 32.6 Å². The van der Waals surface area contributed by atoms with Crippen LogP contribution >= 0.6 is 0 Å². The van der Waals surface area contributed by atoms with E-state index in [2.05, 4.69) is 21.6 Å². The van der Waals surface area contributed by atoms with E-state index < -0.39 is 0 Å². The van der Waals surface area contributed by atoms with E-state index in [1.54, 1.807) is 0 Å². The molecule has 2 heterocycles. The predicted octanol–water partition coefficient (Wildman–Crippen LogP) is 1.50. The van der Waals surface area contributed by atoms with Crippen LogP contribution in [-0.2, 0) is 0 Å². The molecule has 17 heavy (non-hydrogen) atoms. The van der Waals surface area contributed by atoms with Gasteiger partial charge in [0.1, 0.15) is 0 Å². The van der Waals surface area contributed by atoms with Gasteiger partial charge in [-0.2, -0.15) is 0 Å². The third-order valence-corrected chi connectivity index (χ3v) is 4.31. The van der Waals surface area contributed by atoms with Gasteiger partial charge in [-0.25, -0.2) is 0 Å². The summed E-state index contributed by atoms with van der Waals surface area (Å²) in [5.41, 5.74) is 0. The van der Waals surface area contributed by atoms with Gasteiger partial charge in [0.2, 0.25) is 0 Å². The molecule has 2 fully saturated rings. The summed E-state index contributed by atoms with van der Waals surface area (Å²) in [7, 11) is 0. The molecule has 3 heteroatoms. The Morgan fingerprint density at radius 3 is 1.76 bits per heavy atom. The first kappa shape index (κ1) is 13.3. The molecule has 0 radical (unpaired) electrons. The van der Waals surface area contributed by atoms with Gasteiger partial charge >= 0.3 is 0 Å². The first-order valence-corrected chi connectivity index (χ1v) is 7.55. The van der Waals surface area contributed by atoms with E-state index in [0.29, 0.717) is 0 Å². The summed E-state index contributed by atoms with van der Waals surface area (Å²) in [5, 5.41) is 0. The van der Waals surface area contributed by atoms with Gasteiger partial charge in [0, 0.05) is 26.2 Å². The fraction of sp³-hybridized carbons (Fsp3) is 1.00. The Hall–Kier alpha value is -0.120. The lowest BCUT2D eigenvalue weighted by Crippen LogP contribution is -2.46. The van der Waals surface area contributed by atoms with E-state index in [1.165, 1.54) is 84.6 Å². The predicted molar refractivity (Wildman–Crippen MR) is 73.5 cm³/mol. The van der Waals surface area contributed by atoms with Crippen LogP contribution in [0.1, 0.15) is 32.6 Å². The van der Waals surface area contributed by atoms with Crippen LogP contribution in [0.2, 0.25) is 0 Å². The molecule has 2 saturated heterocycles. The monoisotopic (exact) mass is 239 g/mol. The zero-order chi connectivity index (χ0) is 11.9. The van der Waals surface area contributed by atoms with E-state index in [0.717, 1.165) is 0 Å². The molecule has 0 N–H and O–H groups in total. The van der Waals surface area contributed by atoms with Crippen molar-refractivity contribution in [2.75, 3.05) is 58.9 Å². The van der Waals surface area contributed by atoms with Crippen LogP contribution < -0.4 is 0 Å². The van der Waals surface area contributed by atoms with Crippen molar-refractivity contribution >= 4 is 0 Å². The highest BCUT2D eigenvalue weighted by Gasteiger charge is 2.15. The molecule has 0 saturated carbocycles. The van der Waals surface area contributed by atoms with Gasteiger partial charge in [-0.3, -0.25) is 0 Å². The minimum atomic E-state index is 1.22. The number of piperazine rings is 1. The minimum absolute atomic E-state index is 1.22. The molecule has 2 rings (SSSR count). The van der Waals surface area contributed by atoms with Crippen molar-refractivity contribution in [1.29, 1.82) is 0 Å². The highest BCUT2D eigenvalue weighted by molar-refractivity contribution is 4.72. The van der Waals surface area contributed by atoms with E-state index >= 15 is 0 Å². The molecular weight excluding hydrogens is 210 g/mol. The summed E-state index contributed by atoms with van der Waals surface area (Å²) in [4.78, 5) is 7.86. The lowest BCUT2D eigenvalue weighted by atomic mass is 10.1. The van der Waals surface area contributed by atoms with Gasteiger partial charge in [0.15, 0.2) is 0 Å². The Morgan fingerprint density at radius 1 is 0.647 bits per heavy atom. The molecule has 0 bridgehead atoms. The standard InChI is InChI=1S/C14H29N3/c1-2-15-11-13-17(14-12-15)10-6-9-16-7-4-3-5-8-16/h2-14H2,1H3. The van der Waals surface area contributed by atoms with E-state index in [-0.39, 0.29) is 0 Å². The molecule has 0 atom stereocenters. The van der Waals surface area contributed by atoms with Crippen LogP contribution in [0, 0.1) is 0 Å². The number of likely N-dealkylation sites (N-methyl/N-ethyl adjacent to an activating group) is 1. The molecule has 3 nitrogen and oxygen atoms in total. The summed E-state index contributed by atoms with van der Waals surface area (Å²) < 4.78 is 0. The number of nitrogens with zero attached hydrogens (tertiary/aromatic N) is 3.